The number of halogens is 1. The van der Waals surface area contributed by atoms with Crippen LogP contribution in [0.4, 0.5) is 14.9 Å². The zero-order chi connectivity index (χ0) is 19.2. The van der Waals surface area contributed by atoms with Gasteiger partial charge in [0.15, 0.2) is 0 Å². The van der Waals surface area contributed by atoms with Crippen LogP contribution in [0.5, 0.6) is 0 Å². The first-order chi connectivity index (χ1) is 13.0. The zero-order valence-electron chi connectivity index (χ0n) is 15.3. The molecule has 1 heterocycles. The highest BCUT2D eigenvalue weighted by Crippen LogP contribution is 2.21. The maximum absolute atomic E-state index is 13.1. The second kappa shape index (κ2) is 8.65. The molecule has 1 aliphatic rings. The Kier molecular flexibility index (Phi) is 6.05. The molecule has 27 heavy (non-hydrogen) atoms. The van der Waals surface area contributed by atoms with Crippen LogP contribution in [0, 0.1) is 23.1 Å². The van der Waals surface area contributed by atoms with Crippen molar-refractivity contribution < 1.29 is 9.18 Å². The van der Waals surface area contributed by atoms with E-state index in [0.717, 1.165) is 31.4 Å². The highest BCUT2D eigenvalue weighted by atomic mass is 19.1. The van der Waals surface area contributed by atoms with Gasteiger partial charge in [-0.05, 0) is 67.6 Å². The van der Waals surface area contributed by atoms with E-state index in [-0.39, 0.29) is 18.0 Å². The van der Waals surface area contributed by atoms with E-state index in [1.807, 2.05) is 12.1 Å². The summed E-state index contributed by atoms with van der Waals surface area (Å²) in [6, 6.07) is 15.4. The van der Waals surface area contributed by atoms with Gasteiger partial charge in [0.25, 0.3) is 0 Å². The SMILES string of the molecule is CN(C(=O)N[C@H]1C[C@H](Cc2ccc(F)cc2)CCN1)c1cccc(C#N)c1. The molecule has 0 saturated carbocycles. The second-order valence-corrected chi connectivity index (χ2v) is 6.90. The van der Waals surface area contributed by atoms with Gasteiger partial charge in [-0.15, -0.1) is 0 Å². The zero-order valence-corrected chi connectivity index (χ0v) is 15.3. The smallest absolute Gasteiger partial charge is 0.322 e. The van der Waals surface area contributed by atoms with Crippen molar-refractivity contribution in [2.24, 2.45) is 5.92 Å². The molecule has 0 aromatic heterocycles. The first-order valence-electron chi connectivity index (χ1n) is 9.07. The van der Waals surface area contributed by atoms with E-state index in [1.54, 1.807) is 31.3 Å². The summed E-state index contributed by atoms with van der Waals surface area (Å²) < 4.78 is 13.1. The van der Waals surface area contributed by atoms with E-state index >= 15 is 0 Å². The Morgan fingerprint density at radius 3 is 2.85 bits per heavy atom. The lowest BCUT2D eigenvalue weighted by Crippen LogP contribution is -2.53. The highest BCUT2D eigenvalue weighted by Gasteiger charge is 2.24. The fraction of sp³-hybridized carbons (Fsp3) is 0.333. The van der Waals surface area contributed by atoms with Crippen molar-refractivity contribution in [3.8, 4) is 6.07 Å². The molecule has 5 nitrogen and oxygen atoms in total. The van der Waals surface area contributed by atoms with E-state index in [1.165, 1.54) is 17.0 Å². The lowest BCUT2D eigenvalue weighted by molar-refractivity contribution is 0.226. The van der Waals surface area contributed by atoms with Crippen molar-refractivity contribution in [2.75, 3.05) is 18.5 Å². The van der Waals surface area contributed by atoms with Crippen LogP contribution < -0.4 is 15.5 Å². The van der Waals surface area contributed by atoms with Gasteiger partial charge in [-0.3, -0.25) is 10.2 Å². The molecule has 2 aromatic carbocycles. The summed E-state index contributed by atoms with van der Waals surface area (Å²) in [7, 11) is 1.69. The summed E-state index contributed by atoms with van der Waals surface area (Å²) in [6.07, 6.45) is 2.59. The van der Waals surface area contributed by atoms with Crippen LogP contribution in [-0.2, 0) is 6.42 Å². The predicted molar refractivity (Wildman–Crippen MR) is 103 cm³/mol. The molecular weight excluding hydrogens is 343 g/mol. The van der Waals surface area contributed by atoms with Crippen LogP contribution in [0.25, 0.3) is 0 Å². The third kappa shape index (κ3) is 5.05. The molecular formula is C21H23FN4O. The number of benzene rings is 2. The van der Waals surface area contributed by atoms with Gasteiger partial charge < -0.3 is 5.32 Å². The Hall–Kier alpha value is -2.91. The molecule has 1 aliphatic heterocycles. The predicted octanol–water partition coefficient (Wildman–Crippen LogP) is 3.41. The van der Waals surface area contributed by atoms with Crippen LogP contribution in [0.1, 0.15) is 24.0 Å². The number of nitrogens with zero attached hydrogens (tertiary/aromatic N) is 2. The van der Waals surface area contributed by atoms with Gasteiger partial charge >= 0.3 is 6.03 Å². The fourth-order valence-corrected chi connectivity index (χ4v) is 3.39. The molecule has 0 unspecified atom stereocenters. The largest absolute Gasteiger partial charge is 0.322 e. The number of hydrogen-bond donors (Lipinski definition) is 2. The lowest BCUT2D eigenvalue weighted by atomic mass is 9.89. The van der Waals surface area contributed by atoms with E-state index in [9.17, 15) is 9.18 Å². The van der Waals surface area contributed by atoms with E-state index in [0.29, 0.717) is 17.2 Å². The van der Waals surface area contributed by atoms with Crippen LogP contribution in [0.15, 0.2) is 48.5 Å². The van der Waals surface area contributed by atoms with Crippen molar-refractivity contribution in [3.05, 3.63) is 65.5 Å². The van der Waals surface area contributed by atoms with Crippen LogP contribution in [-0.4, -0.2) is 25.8 Å². The van der Waals surface area contributed by atoms with Gasteiger partial charge in [0.2, 0.25) is 0 Å². The Bertz CT molecular complexity index is 831. The third-order valence-electron chi connectivity index (χ3n) is 4.91. The topological polar surface area (TPSA) is 68.2 Å². The number of nitriles is 1. The number of nitrogens with one attached hydrogen (secondary N) is 2. The summed E-state index contributed by atoms with van der Waals surface area (Å²) in [5.41, 5.74) is 2.30. The highest BCUT2D eigenvalue weighted by molar-refractivity contribution is 5.91. The molecule has 140 valence electrons. The molecule has 0 spiro atoms. The van der Waals surface area contributed by atoms with Crippen LogP contribution in [0.2, 0.25) is 0 Å². The molecule has 1 fully saturated rings. The average Bonchev–Trinajstić information content (AvgIpc) is 2.69. The standard InChI is InChI=1S/C21H23FN4O/c1-26(19-4-2-3-17(12-19)14-23)21(27)25-20-13-16(9-10-24-20)11-15-5-7-18(22)8-6-15/h2-8,12,16,20,24H,9-11,13H2,1H3,(H,25,27)/t16-,20-/m0/s1. The van der Waals surface area contributed by atoms with Gasteiger partial charge in [0.05, 0.1) is 17.8 Å². The van der Waals surface area contributed by atoms with Gasteiger partial charge in [-0.1, -0.05) is 18.2 Å². The summed E-state index contributed by atoms with van der Waals surface area (Å²) in [5.74, 6) is 0.201. The first-order valence-corrected chi connectivity index (χ1v) is 9.07. The van der Waals surface area contributed by atoms with Crippen molar-refractivity contribution in [1.82, 2.24) is 10.6 Å². The minimum atomic E-state index is -0.224. The molecule has 2 atom stereocenters. The number of amides is 2. The number of carbonyl (C=O) groups is 1. The van der Waals surface area contributed by atoms with Gasteiger partial charge in [-0.2, -0.15) is 5.26 Å². The quantitative estimate of drug-likeness (QED) is 0.871. The number of piperidine rings is 1. The maximum atomic E-state index is 13.1. The maximum Gasteiger partial charge on any atom is 0.322 e. The Morgan fingerprint density at radius 2 is 2.11 bits per heavy atom. The van der Waals surface area contributed by atoms with Crippen molar-refractivity contribution in [2.45, 2.75) is 25.4 Å². The van der Waals surface area contributed by atoms with Crippen molar-refractivity contribution in [1.29, 1.82) is 5.26 Å². The Balaban J connectivity index is 1.57. The summed E-state index contributed by atoms with van der Waals surface area (Å²) in [4.78, 5) is 14.1. The summed E-state index contributed by atoms with van der Waals surface area (Å²) in [5, 5.41) is 15.4. The first kappa shape index (κ1) is 18.9. The van der Waals surface area contributed by atoms with E-state index in [4.69, 9.17) is 5.26 Å². The number of anilines is 1. The fourth-order valence-electron chi connectivity index (χ4n) is 3.39. The minimum absolute atomic E-state index is 0.113. The molecule has 0 aliphatic carbocycles. The normalized spacial score (nSPS) is 19.1. The van der Waals surface area contributed by atoms with Crippen molar-refractivity contribution in [3.63, 3.8) is 0 Å². The number of hydrogen-bond acceptors (Lipinski definition) is 3. The number of carbonyl (C=O) groups excluding carboxylic acids is 1. The monoisotopic (exact) mass is 366 g/mol. The molecule has 6 heteroatoms. The van der Waals surface area contributed by atoms with Crippen LogP contribution in [0.3, 0.4) is 0 Å². The van der Waals surface area contributed by atoms with E-state index < -0.39 is 0 Å². The molecule has 2 aromatic rings. The van der Waals surface area contributed by atoms with Gasteiger partial charge in [0, 0.05) is 12.7 Å². The Morgan fingerprint density at radius 1 is 1.33 bits per heavy atom. The number of rotatable bonds is 4. The summed E-state index contributed by atoms with van der Waals surface area (Å²) >= 11 is 0. The van der Waals surface area contributed by atoms with E-state index in [2.05, 4.69) is 16.7 Å². The average molecular weight is 366 g/mol. The van der Waals surface area contributed by atoms with Gasteiger partial charge in [0.1, 0.15) is 5.82 Å². The molecule has 0 bridgehead atoms. The van der Waals surface area contributed by atoms with Crippen molar-refractivity contribution >= 4 is 11.7 Å². The minimum Gasteiger partial charge on any atom is -0.322 e. The molecule has 2 N–H and O–H groups in total. The third-order valence-corrected chi connectivity index (χ3v) is 4.91. The number of urea groups is 1. The van der Waals surface area contributed by atoms with Gasteiger partial charge in [-0.25, -0.2) is 9.18 Å². The molecule has 0 radical (unpaired) electrons. The molecule has 3 rings (SSSR count). The molecule has 2 amide bonds. The second-order valence-electron chi connectivity index (χ2n) is 6.90. The summed E-state index contributed by atoms with van der Waals surface area (Å²) in [6.45, 7) is 0.824. The Labute approximate surface area is 158 Å². The van der Waals surface area contributed by atoms with Crippen LogP contribution >= 0.6 is 0 Å². The lowest BCUT2D eigenvalue weighted by Gasteiger charge is -2.32. The molecule has 1 saturated heterocycles.